The Labute approximate surface area is 826 Å². The second kappa shape index (κ2) is 69.6. The zero-order valence-electron chi connectivity index (χ0n) is 73.3. The second-order valence-electron chi connectivity index (χ2n) is 31.3. The molecule has 31 heteroatoms. The molecule has 0 saturated heterocycles. The van der Waals surface area contributed by atoms with Crippen LogP contribution in [0.15, 0.2) is 194 Å². The van der Waals surface area contributed by atoms with Crippen molar-refractivity contribution in [2.24, 2.45) is 5.73 Å². The molecule has 0 heterocycles. The van der Waals surface area contributed by atoms with Gasteiger partial charge in [0, 0.05) is 51.9 Å². The summed E-state index contributed by atoms with van der Waals surface area (Å²) in [5.74, 6) is -4.53. The minimum absolute atomic E-state index is 0. The lowest BCUT2D eigenvalue weighted by atomic mass is 9.95. The maximum absolute atomic E-state index is 15.0. The van der Waals surface area contributed by atoms with E-state index in [1.807, 2.05) is 121 Å². The molecule has 0 spiro atoms. The van der Waals surface area contributed by atoms with Crippen molar-refractivity contribution >= 4 is 77.2 Å². The molecule has 10 N–H and O–H groups in total. The molecule has 0 radical (unpaired) electrons. The topological polar surface area (TPSA) is 427 Å². The molecule has 4 atom stereocenters. The Morgan fingerprint density at radius 2 is 0.489 bits per heavy atom. The highest BCUT2D eigenvalue weighted by Crippen LogP contribution is 2.28. The highest BCUT2D eigenvalue weighted by Gasteiger charge is 2.31. The van der Waals surface area contributed by atoms with E-state index in [0.717, 1.165) is 22.3 Å². The summed E-state index contributed by atoms with van der Waals surface area (Å²) in [4.78, 5) is 180. The molecule has 9 amide bonds. The van der Waals surface area contributed by atoms with Crippen LogP contribution in [0.5, 0.6) is 23.0 Å². The molecule has 8 rings (SSSR count). The number of carbonyl (C=O) groups is 13. The normalized spacial score (nSPS) is 10.9. The van der Waals surface area contributed by atoms with Crippen molar-refractivity contribution < 1.29 is 105 Å². The van der Waals surface area contributed by atoms with Crippen LogP contribution >= 0.6 is 0 Å². The number of benzene rings is 8. The summed E-state index contributed by atoms with van der Waals surface area (Å²) in [6.45, 7) is 5.87. The fraction of sp³-hybridized carbons (Fsp3) is 0.435. The summed E-state index contributed by atoms with van der Waals surface area (Å²) in [5.41, 5.74) is 9.15. The number of amides is 9. The van der Waals surface area contributed by atoms with Crippen molar-refractivity contribution in [1.29, 1.82) is 0 Å². The van der Waals surface area contributed by atoms with E-state index in [0.29, 0.717) is 60.8 Å². The van der Waals surface area contributed by atoms with Crippen molar-refractivity contribution in [2.45, 2.75) is 261 Å². The van der Waals surface area contributed by atoms with Gasteiger partial charge in [0.1, 0.15) is 55.0 Å². The fourth-order valence-electron chi connectivity index (χ4n) is 13.6. The van der Waals surface area contributed by atoms with Crippen molar-refractivity contribution in [3.8, 4) is 23.0 Å². The summed E-state index contributed by atoms with van der Waals surface area (Å²) in [7, 11) is 5.39. The Kier molecular flexibility index (Phi) is 65.7. The van der Waals surface area contributed by atoms with Crippen LogP contribution in [0.2, 0.25) is 0 Å². The SMILES string of the molecule is C.C.C.C.C.C.C.C.C.C.C.COc1ccc(CC(=O)[C@H](CCCCNC(=O)OCc2ccccc2)NC(=O)c2cc(CC(=O)[C@H](CCCCNC(=O)OCc3ccccc3)NC(=O)c3cc(CC(=O)[C@H](CCCCNC(=O)OCc4ccccc4)NC(=O)c4cc(CC(=O)[C@H](CCCCNC(=O)OCc5ccccc5)NC(=O)OC(C)(C)C)ccc4OC)ccc3OC)ccc2OC)cc1C(N)=O. The summed E-state index contributed by atoms with van der Waals surface area (Å²) >= 11 is 0. The van der Waals surface area contributed by atoms with Crippen molar-refractivity contribution in [2.75, 3.05) is 54.6 Å². The van der Waals surface area contributed by atoms with Crippen molar-refractivity contribution in [3.05, 3.63) is 261 Å². The van der Waals surface area contributed by atoms with Gasteiger partial charge in [0.2, 0.25) is 0 Å². The van der Waals surface area contributed by atoms with E-state index >= 15 is 14.4 Å². The van der Waals surface area contributed by atoms with Gasteiger partial charge in [-0.3, -0.25) is 38.4 Å². The predicted molar refractivity (Wildman–Crippen MR) is 550 cm³/mol. The third-order valence-corrected chi connectivity index (χ3v) is 20.3. The van der Waals surface area contributed by atoms with Crippen molar-refractivity contribution in [1.82, 2.24) is 42.5 Å². The van der Waals surface area contributed by atoms with Crippen LogP contribution in [0.25, 0.3) is 0 Å². The number of ketones is 4. The Balaban J connectivity index is -0.00000828. The number of nitrogens with two attached hydrogens (primary N) is 1. The minimum atomic E-state index is -1.25. The molecule has 0 aliphatic heterocycles. The first kappa shape index (κ1) is 131. The number of primary amides is 1. The lowest BCUT2D eigenvalue weighted by Crippen LogP contribution is -2.44. The number of rotatable bonds is 52. The molecular formula is C108H159N9O22. The van der Waals surface area contributed by atoms with E-state index in [9.17, 15) is 47.9 Å². The molecule has 139 heavy (non-hydrogen) atoms. The molecule has 0 fully saturated rings. The highest BCUT2D eigenvalue weighted by atomic mass is 16.6. The van der Waals surface area contributed by atoms with Gasteiger partial charge in [-0.15, -0.1) is 0 Å². The number of methoxy groups -OCH3 is 4. The van der Waals surface area contributed by atoms with E-state index in [2.05, 4.69) is 42.5 Å². The quantitative estimate of drug-likeness (QED) is 0.0126. The number of ether oxygens (including phenoxy) is 9. The first-order valence-corrected chi connectivity index (χ1v) is 42.5. The maximum atomic E-state index is 15.0. The highest BCUT2D eigenvalue weighted by molar-refractivity contribution is 6.04. The third-order valence-electron chi connectivity index (χ3n) is 20.3. The van der Waals surface area contributed by atoms with Gasteiger partial charge in [0.25, 0.3) is 23.6 Å². The van der Waals surface area contributed by atoms with Gasteiger partial charge >= 0.3 is 30.5 Å². The first-order valence-electron chi connectivity index (χ1n) is 42.5. The number of Topliss-reactive ketones (excluding diaryl/α,β-unsaturated/α-hetero) is 4. The molecule has 0 aliphatic rings. The summed E-state index contributed by atoms with van der Waals surface area (Å²) < 4.78 is 49.4. The van der Waals surface area contributed by atoms with E-state index in [4.69, 9.17) is 48.4 Å². The van der Waals surface area contributed by atoms with E-state index in [-0.39, 0.29) is 244 Å². The van der Waals surface area contributed by atoms with Crippen LogP contribution < -0.4 is 67.2 Å². The Morgan fingerprint density at radius 3 is 0.705 bits per heavy atom. The Bertz CT molecular complexity index is 5040. The molecule has 768 valence electrons. The van der Waals surface area contributed by atoms with E-state index in [1.165, 1.54) is 77.0 Å². The van der Waals surface area contributed by atoms with Gasteiger partial charge in [-0.1, -0.05) is 227 Å². The number of nitrogens with one attached hydrogen (secondary N) is 8. The number of hydrogen-bond acceptors (Lipinski definition) is 22. The van der Waals surface area contributed by atoms with E-state index < -0.39 is 107 Å². The molecular weight excluding hydrogens is 1780 g/mol. The second-order valence-corrected chi connectivity index (χ2v) is 31.3. The van der Waals surface area contributed by atoms with E-state index in [1.54, 1.807) is 45.0 Å². The molecule has 0 aliphatic carbocycles. The predicted octanol–water partition coefficient (Wildman–Crippen LogP) is 19.9. The molecule has 0 unspecified atom stereocenters. The fourth-order valence-corrected chi connectivity index (χ4v) is 13.6. The monoisotopic (exact) mass is 1930 g/mol. The van der Waals surface area contributed by atoms with Crippen LogP contribution in [-0.2, 0) is 95.0 Å². The van der Waals surface area contributed by atoms with Gasteiger partial charge in [0.15, 0.2) is 23.1 Å². The Morgan fingerprint density at radius 1 is 0.273 bits per heavy atom. The molecule has 31 nitrogen and oxygen atoms in total. The Hall–Kier alpha value is -14.1. The summed E-state index contributed by atoms with van der Waals surface area (Å²) in [5, 5.41) is 22.2. The summed E-state index contributed by atoms with van der Waals surface area (Å²) in [6.07, 6.45) is -1.70. The average Bonchev–Trinajstić information content (AvgIpc) is 0.820. The molecule has 0 aromatic heterocycles. The van der Waals surface area contributed by atoms with Gasteiger partial charge < -0.3 is 90.9 Å². The lowest BCUT2D eigenvalue weighted by molar-refractivity contribution is -0.121. The number of unbranched alkanes of at least 4 members (excludes halogenated alkanes) is 4. The van der Waals surface area contributed by atoms with Gasteiger partial charge in [-0.2, -0.15) is 0 Å². The molecule has 8 aromatic carbocycles. The summed E-state index contributed by atoms with van der Waals surface area (Å²) in [6, 6.07) is 49.9. The zero-order valence-corrected chi connectivity index (χ0v) is 73.3. The molecule has 0 saturated carbocycles. The number of carbonyl (C=O) groups excluding carboxylic acids is 13. The maximum Gasteiger partial charge on any atom is 0.408 e. The molecule has 8 aromatic rings. The largest absolute Gasteiger partial charge is 0.496 e. The minimum Gasteiger partial charge on any atom is -0.496 e. The average molecular weight is 1940 g/mol. The smallest absolute Gasteiger partial charge is 0.408 e. The lowest BCUT2D eigenvalue weighted by Gasteiger charge is -2.23. The van der Waals surface area contributed by atoms with Crippen LogP contribution in [0.3, 0.4) is 0 Å². The standard InChI is InChI=1S/C97H115N9O22.11CH4/c1-97(2,3)128-96(119)106-79(39-23-27-51-102-95(118)127-63-67-34-18-11-19-35-67)83(110)59-71-43-47-87(123-7)75(55-71)91(114)105-78(38-22-26-50-101-94(117)126-62-66-32-16-10-17-33-66)82(109)58-70-42-46-86(122-6)74(54-70)90(113)104-77(37-21-25-49-100-93(116)125-61-65-30-14-9-15-31-65)81(108)57-69-41-45-85(121-5)73(53-69)89(112)103-76(80(107)56-68-40-44-84(120-4)72(52-68)88(98)111)36-20-24-48-99-92(115)124-60-64-28-12-8-13-29-64;;;;;;;;;;;/h8-19,28-35,40-47,52-55,76-79H,20-27,36-39,48-51,56-63H2,1-7H3,(H2,98,111)(H,99,115)(H,100,116)(H,101,117)(H,102,118)(H,103,112)(H,104,113)(H,105,114)(H,106,119);11*1H4/t76-,77-,78-,79-;;;;;;;;;;;/m0.........../s1. The van der Waals surface area contributed by atoms with Crippen LogP contribution in [-0.4, -0.2) is 162 Å². The van der Waals surface area contributed by atoms with Gasteiger partial charge in [-0.05, 0) is 191 Å². The van der Waals surface area contributed by atoms with Gasteiger partial charge in [0.05, 0.1) is 74.9 Å². The van der Waals surface area contributed by atoms with Crippen LogP contribution in [0.4, 0.5) is 24.0 Å². The molecule has 0 bridgehead atoms. The zero-order chi connectivity index (χ0) is 92.2. The van der Waals surface area contributed by atoms with Crippen molar-refractivity contribution in [3.63, 3.8) is 0 Å². The van der Waals surface area contributed by atoms with Crippen LogP contribution in [0.1, 0.15) is 265 Å². The number of alkyl carbamates (subject to hydrolysis) is 5. The van der Waals surface area contributed by atoms with Gasteiger partial charge in [-0.25, -0.2) is 24.0 Å². The third kappa shape index (κ3) is 46.5. The van der Waals surface area contributed by atoms with Crippen LogP contribution in [0, 0.1) is 0 Å². The first-order chi connectivity index (χ1) is 61.7. The number of hydrogen-bond donors (Lipinski definition) is 9.